The predicted molar refractivity (Wildman–Crippen MR) is 92.4 cm³/mol. The fourth-order valence-electron chi connectivity index (χ4n) is 2.05. The van der Waals surface area contributed by atoms with Crippen molar-refractivity contribution in [3.63, 3.8) is 0 Å². The number of carbonyl (C=O) groups is 2. The summed E-state index contributed by atoms with van der Waals surface area (Å²) in [6.07, 6.45) is 1.95. The van der Waals surface area contributed by atoms with E-state index in [0.717, 1.165) is 4.90 Å². The van der Waals surface area contributed by atoms with Crippen molar-refractivity contribution in [1.82, 2.24) is 0 Å². The average molecular weight is 346 g/mol. The Morgan fingerprint density at radius 3 is 2.29 bits per heavy atom. The molecule has 0 aliphatic heterocycles. The van der Waals surface area contributed by atoms with E-state index in [-0.39, 0.29) is 12.4 Å². The Morgan fingerprint density at radius 1 is 1.00 bits per heavy atom. The molecule has 2 rings (SSSR count). The Hall–Kier alpha value is -2.47. The Bertz CT molecular complexity index is 725. The molecule has 0 atom stereocenters. The third-order valence-corrected chi connectivity index (χ3v) is 4.11. The molecule has 0 fully saturated rings. The van der Waals surface area contributed by atoms with Gasteiger partial charge in [-0.15, -0.1) is 11.8 Å². The summed E-state index contributed by atoms with van der Waals surface area (Å²) < 4.78 is 15.4. The number of hydrogen-bond donors (Lipinski definition) is 0. The van der Waals surface area contributed by atoms with Gasteiger partial charge >= 0.3 is 5.97 Å². The molecule has 2 aromatic rings. The van der Waals surface area contributed by atoms with Crippen LogP contribution < -0.4 is 9.47 Å². The van der Waals surface area contributed by atoms with Gasteiger partial charge in [0, 0.05) is 11.0 Å². The van der Waals surface area contributed by atoms with Crippen LogP contribution in [0.4, 0.5) is 0 Å². The van der Waals surface area contributed by atoms with Gasteiger partial charge in [-0.2, -0.15) is 0 Å². The smallest absolute Gasteiger partial charge is 0.338 e. The van der Waals surface area contributed by atoms with Crippen molar-refractivity contribution in [2.24, 2.45) is 0 Å². The summed E-state index contributed by atoms with van der Waals surface area (Å²) in [4.78, 5) is 25.3. The third-order valence-electron chi connectivity index (χ3n) is 3.37. The Morgan fingerprint density at radius 2 is 1.71 bits per heavy atom. The number of ether oxygens (including phenoxy) is 3. The van der Waals surface area contributed by atoms with Crippen LogP contribution in [0.25, 0.3) is 0 Å². The summed E-state index contributed by atoms with van der Waals surface area (Å²) in [5.74, 6) is 0.0704. The highest BCUT2D eigenvalue weighted by molar-refractivity contribution is 7.98. The summed E-state index contributed by atoms with van der Waals surface area (Å²) >= 11 is 1.58. The van der Waals surface area contributed by atoms with Crippen molar-refractivity contribution in [3.8, 4) is 11.5 Å². The molecule has 126 valence electrons. The average Bonchev–Trinajstić information content (AvgIpc) is 2.65. The van der Waals surface area contributed by atoms with Crippen LogP contribution in [0.5, 0.6) is 11.5 Å². The number of benzene rings is 2. The summed E-state index contributed by atoms with van der Waals surface area (Å²) in [6, 6.07) is 11.8. The normalized spacial score (nSPS) is 10.1. The topological polar surface area (TPSA) is 61.8 Å². The molecule has 0 saturated carbocycles. The zero-order valence-electron chi connectivity index (χ0n) is 13.7. The lowest BCUT2D eigenvalue weighted by molar-refractivity contribution is 0.0474. The number of hydrogen-bond acceptors (Lipinski definition) is 6. The molecule has 2 aromatic carbocycles. The maximum atomic E-state index is 12.3. The van der Waals surface area contributed by atoms with Gasteiger partial charge in [-0.25, -0.2) is 4.79 Å². The van der Waals surface area contributed by atoms with Crippen LogP contribution in [0.3, 0.4) is 0 Å². The van der Waals surface area contributed by atoms with Gasteiger partial charge in [0.05, 0.1) is 25.3 Å². The van der Waals surface area contributed by atoms with Crippen molar-refractivity contribution in [3.05, 3.63) is 53.6 Å². The maximum absolute atomic E-state index is 12.3. The van der Waals surface area contributed by atoms with Gasteiger partial charge in [0.15, 0.2) is 6.61 Å². The lowest BCUT2D eigenvalue weighted by Gasteiger charge is -2.10. The first-order valence-corrected chi connectivity index (χ1v) is 8.38. The fourth-order valence-corrected chi connectivity index (χ4v) is 2.46. The third kappa shape index (κ3) is 4.29. The molecule has 6 heteroatoms. The van der Waals surface area contributed by atoms with Crippen molar-refractivity contribution in [2.75, 3.05) is 27.1 Å². The highest BCUT2D eigenvalue weighted by Gasteiger charge is 2.16. The van der Waals surface area contributed by atoms with Gasteiger partial charge in [0.2, 0.25) is 5.78 Å². The highest BCUT2D eigenvalue weighted by atomic mass is 32.2. The van der Waals surface area contributed by atoms with Crippen molar-refractivity contribution < 1.29 is 23.8 Å². The number of methoxy groups -OCH3 is 2. The zero-order chi connectivity index (χ0) is 17.5. The summed E-state index contributed by atoms with van der Waals surface area (Å²) in [5, 5.41) is 0. The molecule has 0 radical (unpaired) electrons. The molecular formula is C18H18O5S. The maximum Gasteiger partial charge on any atom is 0.338 e. The number of ketones is 1. The summed E-state index contributed by atoms with van der Waals surface area (Å²) in [5.41, 5.74) is 0.742. The van der Waals surface area contributed by atoms with Crippen molar-refractivity contribution in [2.45, 2.75) is 4.90 Å². The van der Waals surface area contributed by atoms with E-state index in [1.54, 1.807) is 42.1 Å². The molecule has 0 spiro atoms. The second-order valence-corrected chi connectivity index (χ2v) is 5.67. The van der Waals surface area contributed by atoms with Crippen LogP contribution in [0.2, 0.25) is 0 Å². The van der Waals surface area contributed by atoms with Crippen LogP contribution in [-0.2, 0) is 4.74 Å². The van der Waals surface area contributed by atoms with Gasteiger partial charge in [-0.1, -0.05) is 0 Å². The molecule has 0 saturated heterocycles. The predicted octanol–water partition coefficient (Wildman–Crippen LogP) is 3.47. The largest absolute Gasteiger partial charge is 0.497 e. The number of rotatable bonds is 7. The Balaban J connectivity index is 2.03. The highest BCUT2D eigenvalue weighted by Crippen LogP contribution is 2.25. The van der Waals surface area contributed by atoms with E-state index in [1.165, 1.54) is 14.2 Å². The monoisotopic (exact) mass is 346 g/mol. The second kappa shape index (κ2) is 8.40. The SMILES string of the molecule is COc1ccc(C(=O)COC(=O)c2ccc(SC)cc2)c(OC)c1. The minimum absolute atomic E-state index is 0.337. The van der Waals surface area contributed by atoms with Gasteiger partial charge in [0.1, 0.15) is 11.5 Å². The first-order chi connectivity index (χ1) is 11.6. The first-order valence-electron chi connectivity index (χ1n) is 7.15. The molecule has 0 amide bonds. The van der Waals surface area contributed by atoms with E-state index >= 15 is 0 Å². The molecule has 5 nitrogen and oxygen atoms in total. The molecule has 0 bridgehead atoms. The Labute approximate surface area is 144 Å². The Kier molecular flexibility index (Phi) is 6.26. The number of Topliss-reactive ketones (excluding diaryl/α,β-unsaturated/α-hetero) is 1. The molecule has 0 aliphatic rings. The summed E-state index contributed by atoms with van der Waals surface area (Å²) in [6.45, 7) is -0.355. The van der Waals surface area contributed by atoms with Gasteiger partial charge in [-0.05, 0) is 42.7 Å². The van der Waals surface area contributed by atoms with E-state index in [9.17, 15) is 9.59 Å². The molecule has 0 unspecified atom stereocenters. The second-order valence-electron chi connectivity index (χ2n) is 4.79. The van der Waals surface area contributed by atoms with E-state index in [2.05, 4.69) is 0 Å². The van der Waals surface area contributed by atoms with Gasteiger partial charge < -0.3 is 14.2 Å². The van der Waals surface area contributed by atoms with Crippen LogP contribution in [0, 0.1) is 0 Å². The lowest BCUT2D eigenvalue weighted by Crippen LogP contribution is -2.15. The fraction of sp³-hybridized carbons (Fsp3) is 0.222. The van der Waals surface area contributed by atoms with Crippen LogP contribution in [0.15, 0.2) is 47.4 Å². The summed E-state index contributed by atoms with van der Waals surface area (Å²) in [7, 11) is 2.99. The quantitative estimate of drug-likeness (QED) is 0.435. The van der Waals surface area contributed by atoms with E-state index in [4.69, 9.17) is 14.2 Å². The van der Waals surface area contributed by atoms with E-state index < -0.39 is 5.97 Å². The number of esters is 1. The minimum Gasteiger partial charge on any atom is -0.497 e. The van der Waals surface area contributed by atoms with Crippen LogP contribution >= 0.6 is 11.8 Å². The standard InChI is InChI=1S/C18H18O5S/c1-21-13-6-9-15(17(10-13)22-2)16(19)11-23-18(20)12-4-7-14(24-3)8-5-12/h4-10H,11H2,1-3H3. The molecule has 0 heterocycles. The van der Waals surface area contributed by atoms with Gasteiger partial charge in [0.25, 0.3) is 0 Å². The lowest BCUT2D eigenvalue weighted by atomic mass is 10.1. The molecule has 0 aliphatic carbocycles. The van der Waals surface area contributed by atoms with Crippen LogP contribution in [-0.4, -0.2) is 38.8 Å². The number of thioether (sulfide) groups is 1. The van der Waals surface area contributed by atoms with Crippen LogP contribution in [0.1, 0.15) is 20.7 Å². The molecule has 24 heavy (non-hydrogen) atoms. The minimum atomic E-state index is -0.538. The zero-order valence-corrected chi connectivity index (χ0v) is 14.5. The van der Waals surface area contributed by atoms with Crippen molar-refractivity contribution in [1.29, 1.82) is 0 Å². The molecular weight excluding hydrogens is 328 g/mol. The van der Waals surface area contributed by atoms with E-state index in [0.29, 0.717) is 22.6 Å². The first kappa shape index (κ1) is 17.9. The van der Waals surface area contributed by atoms with E-state index in [1.807, 2.05) is 18.4 Å². The molecule has 0 aromatic heterocycles. The van der Waals surface area contributed by atoms with Gasteiger partial charge in [-0.3, -0.25) is 4.79 Å². The molecule has 0 N–H and O–H groups in total. The number of carbonyl (C=O) groups excluding carboxylic acids is 2. The van der Waals surface area contributed by atoms with Crippen molar-refractivity contribution >= 4 is 23.5 Å².